The van der Waals surface area contributed by atoms with E-state index in [0.29, 0.717) is 46.9 Å². The van der Waals surface area contributed by atoms with Crippen LogP contribution in [0.1, 0.15) is 37.7 Å². The Hall–Kier alpha value is -2.87. The number of hydrogen-bond donors (Lipinski definition) is 0. The first-order valence-corrected chi connectivity index (χ1v) is 10.2. The highest BCUT2D eigenvalue weighted by Gasteiger charge is 2.43. The van der Waals surface area contributed by atoms with E-state index < -0.39 is 17.8 Å². The number of aliphatic imine (C=N–C) groups is 1. The molecule has 8 nitrogen and oxygen atoms in total. The monoisotopic (exact) mass is 431 g/mol. The van der Waals surface area contributed by atoms with E-state index in [4.69, 9.17) is 23.7 Å². The van der Waals surface area contributed by atoms with Gasteiger partial charge in [0.1, 0.15) is 12.5 Å². The molecule has 1 aliphatic carbocycles. The summed E-state index contributed by atoms with van der Waals surface area (Å²) in [6.45, 7) is 2.22. The molecule has 1 aliphatic heterocycles. The first kappa shape index (κ1) is 22.8. The summed E-state index contributed by atoms with van der Waals surface area (Å²) in [6.07, 6.45) is 1.88. The summed E-state index contributed by atoms with van der Waals surface area (Å²) in [5.41, 5.74) is 2.64. The number of hydrogen-bond acceptors (Lipinski definition) is 8. The topological polar surface area (TPSA) is 92.7 Å². The zero-order valence-corrected chi connectivity index (χ0v) is 18.6. The molecule has 0 fully saturated rings. The summed E-state index contributed by atoms with van der Waals surface area (Å²) < 4.78 is 26.9. The third-order valence-electron chi connectivity index (χ3n) is 5.67. The van der Waals surface area contributed by atoms with Crippen molar-refractivity contribution in [3.05, 3.63) is 29.0 Å². The lowest BCUT2D eigenvalue weighted by Crippen LogP contribution is -2.37. The lowest BCUT2D eigenvalue weighted by Gasteiger charge is -2.34. The summed E-state index contributed by atoms with van der Waals surface area (Å²) in [5, 5.41) is 0. The van der Waals surface area contributed by atoms with Crippen molar-refractivity contribution >= 4 is 17.5 Å². The normalized spacial score (nSPS) is 20.7. The summed E-state index contributed by atoms with van der Waals surface area (Å²) in [4.78, 5) is 30.7. The minimum absolute atomic E-state index is 0.00550. The van der Waals surface area contributed by atoms with Crippen molar-refractivity contribution in [3.8, 4) is 17.2 Å². The summed E-state index contributed by atoms with van der Waals surface area (Å²) in [5.74, 6) is -0.376. The number of Topliss-reactive ketones (excluding diaryl/α,β-unsaturated/α-hetero) is 1. The molecule has 0 bridgehead atoms. The molecule has 2 atom stereocenters. The number of esters is 1. The summed E-state index contributed by atoms with van der Waals surface area (Å²) in [7, 11) is 6.12. The number of carbonyl (C=O) groups is 2. The summed E-state index contributed by atoms with van der Waals surface area (Å²) in [6, 6.07) is 3.57. The smallest absolute Gasteiger partial charge is 0.315 e. The fourth-order valence-electron chi connectivity index (χ4n) is 4.27. The molecule has 0 saturated heterocycles. The Labute approximate surface area is 182 Å². The zero-order valence-electron chi connectivity index (χ0n) is 18.6. The number of benzene rings is 1. The van der Waals surface area contributed by atoms with Crippen LogP contribution in [0.4, 0.5) is 0 Å². The molecule has 0 radical (unpaired) electrons. The highest BCUT2D eigenvalue weighted by molar-refractivity contribution is 6.08. The Morgan fingerprint density at radius 2 is 1.71 bits per heavy atom. The van der Waals surface area contributed by atoms with E-state index in [9.17, 15) is 9.59 Å². The van der Waals surface area contributed by atoms with Crippen molar-refractivity contribution in [1.82, 2.24) is 0 Å². The van der Waals surface area contributed by atoms with Gasteiger partial charge in [-0.1, -0.05) is 0 Å². The molecule has 1 unspecified atom stereocenters. The van der Waals surface area contributed by atoms with Gasteiger partial charge in [0.25, 0.3) is 0 Å². The molecule has 168 valence electrons. The van der Waals surface area contributed by atoms with E-state index in [1.54, 1.807) is 19.1 Å². The second kappa shape index (κ2) is 9.96. The molecule has 1 heterocycles. The van der Waals surface area contributed by atoms with Gasteiger partial charge in [0.2, 0.25) is 5.75 Å². The van der Waals surface area contributed by atoms with Crippen LogP contribution in [0.3, 0.4) is 0 Å². The van der Waals surface area contributed by atoms with Gasteiger partial charge in [0.15, 0.2) is 17.3 Å². The van der Waals surface area contributed by atoms with Crippen LogP contribution in [0.5, 0.6) is 17.2 Å². The molecule has 3 rings (SSSR count). The lowest BCUT2D eigenvalue weighted by molar-refractivity contribution is -0.147. The number of methoxy groups -OCH3 is 4. The molecule has 0 saturated carbocycles. The van der Waals surface area contributed by atoms with Gasteiger partial charge in [-0.05, 0) is 37.5 Å². The van der Waals surface area contributed by atoms with Gasteiger partial charge in [0.05, 0.1) is 27.9 Å². The Balaban J connectivity index is 2.15. The molecule has 0 aromatic heterocycles. The van der Waals surface area contributed by atoms with E-state index in [2.05, 4.69) is 4.99 Å². The van der Waals surface area contributed by atoms with Gasteiger partial charge >= 0.3 is 5.97 Å². The molecular formula is C23H29NO7. The third kappa shape index (κ3) is 4.44. The van der Waals surface area contributed by atoms with Gasteiger partial charge in [-0.3, -0.25) is 14.6 Å². The van der Waals surface area contributed by atoms with Crippen molar-refractivity contribution in [2.75, 3.05) is 41.7 Å². The minimum atomic E-state index is -0.736. The van der Waals surface area contributed by atoms with Crippen LogP contribution in [0, 0.1) is 5.92 Å². The predicted molar refractivity (Wildman–Crippen MR) is 114 cm³/mol. The fourth-order valence-corrected chi connectivity index (χ4v) is 4.27. The average molecular weight is 431 g/mol. The third-order valence-corrected chi connectivity index (χ3v) is 5.67. The minimum Gasteiger partial charge on any atom is -0.493 e. The van der Waals surface area contributed by atoms with Gasteiger partial charge in [-0.15, -0.1) is 0 Å². The Morgan fingerprint density at radius 3 is 2.29 bits per heavy atom. The van der Waals surface area contributed by atoms with Crippen LogP contribution in [-0.4, -0.2) is 59.1 Å². The zero-order chi connectivity index (χ0) is 22.5. The van der Waals surface area contributed by atoms with Crippen molar-refractivity contribution in [3.63, 3.8) is 0 Å². The second-order valence-electron chi connectivity index (χ2n) is 7.46. The second-order valence-corrected chi connectivity index (χ2v) is 7.46. The number of ketones is 1. The summed E-state index contributed by atoms with van der Waals surface area (Å²) >= 11 is 0. The molecule has 1 aromatic carbocycles. The number of rotatable bonds is 8. The van der Waals surface area contributed by atoms with E-state index in [1.165, 1.54) is 28.4 Å². The molecule has 8 heteroatoms. The number of allylic oxidation sites excluding steroid dienone is 2. The van der Waals surface area contributed by atoms with E-state index in [0.717, 1.165) is 12.1 Å². The standard InChI is InChI=1S/C23H29NO7/c1-13-19(23(26)31-10-9-27-2)20(21-15(24-13)7-6-8-16(21)25)14-11-17(28-3)22(30-5)18(12-14)29-4/h11-12,19-20H,6-10H2,1-5H3/t19?,20-/m0/s1. The Kier molecular flexibility index (Phi) is 7.33. The van der Waals surface area contributed by atoms with Gasteiger partial charge in [0, 0.05) is 36.4 Å². The average Bonchev–Trinajstić information content (AvgIpc) is 2.77. The van der Waals surface area contributed by atoms with Crippen LogP contribution in [-0.2, 0) is 19.1 Å². The predicted octanol–water partition coefficient (Wildman–Crippen LogP) is 3.08. The lowest BCUT2D eigenvalue weighted by atomic mass is 9.71. The number of nitrogens with zero attached hydrogens (tertiary/aromatic N) is 1. The SMILES string of the molecule is COCCOC(=O)C1C(C)=NC2=C(C(=O)CCC2)[C@H]1c1cc(OC)c(OC)c(OC)c1. The van der Waals surface area contributed by atoms with Crippen LogP contribution in [0.25, 0.3) is 0 Å². The fraction of sp³-hybridized carbons (Fsp3) is 0.522. The molecule has 0 amide bonds. The first-order chi connectivity index (χ1) is 15.0. The highest BCUT2D eigenvalue weighted by Crippen LogP contribution is 2.47. The van der Waals surface area contributed by atoms with E-state index in [-0.39, 0.29) is 19.0 Å². The highest BCUT2D eigenvalue weighted by atomic mass is 16.6. The van der Waals surface area contributed by atoms with Crippen LogP contribution in [0.15, 0.2) is 28.4 Å². The maximum Gasteiger partial charge on any atom is 0.315 e. The Bertz CT molecular complexity index is 893. The van der Waals surface area contributed by atoms with Crippen LogP contribution >= 0.6 is 0 Å². The van der Waals surface area contributed by atoms with E-state index >= 15 is 0 Å². The molecule has 2 aliphatic rings. The van der Waals surface area contributed by atoms with Gasteiger partial charge in [-0.2, -0.15) is 0 Å². The van der Waals surface area contributed by atoms with Crippen molar-refractivity contribution in [1.29, 1.82) is 0 Å². The largest absolute Gasteiger partial charge is 0.493 e. The van der Waals surface area contributed by atoms with Gasteiger partial charge in [-0.25, -0.2) is 0 Å². The van der Waals surface area contributed by atoms with Crippen LogP contribution < -0.4 is 14.2 Å². The Morgan fingerprint density at radius 1 is 1.03 bits per heavy atom. The molecule has 0 spiro atoms. The number of carbonyl (C=O) groups excluding carboxylic acids is 2. The van der Waals surface area contributed by atoms with Crippen LogP contribution in [0.2, 0.25) is 0 Å². The molecule has 31 heavy (non-hydrogen) atoms. The van der Waals surface area contributed by atoms with Gasteiger partial charge < -0.3 is 23.7 Å². The molecule has 0 N–H and O–H groups in total. The maximum absolute atomic E-state index is 13.1. The van der Waals surface area contributed by atoms with Crippen molar-refractivity contribution < 1.29 is 33.3 Å². The van der Waals surface area contributed by atoms with Crippen molar-refractivity contribution in [2.24, 2.45) is 10.9 Å². The molecule has 1 aromatic rings. The van der Waals surface area contributed by atoms with Crippen molar-refractivity contribution in [2.45, 2.75) is 32.1 Å². The maximum atomic E-state index is 13.1. The van der Waals surface area contributed by atoms with E-state index in [1.807, 2.05) is 0 Å². The molecular weight excluding hydrogens is 402 g/mol. The number of ether oxygens (including phenoxy) is 5. The quantitative estimate of drug-likeness (QED) is 0.461. The first-order valence-electron chi connectivity index (χ1n) is 10.2.